The average molecular weight is 265 g/mol. The van der Waals surface area contributed by atoms with Crippen molar-refractivity contribution in [1.29, 1.82) is 0 Å². The predicted octanol–water partition coefficient (Wildman–Crippen LogP) is 0.252. The molecule has 1 heterocycles. The molecule has 6 heteroatoms. The third kappa shape index (κ3) is 3.23. The summed E-state index contributed by atoms with van der Waals surface area (Å²) in [6.45, 7) is 0.372. The highest BCUT2D eigenvalue weighted by molar-refractivity contribution is 5.92. The Hall–Kier alpha value is -2.08. The molecule has 6 nitrogen and oxygen atoms in total. The Bertz CT molecular complexity index is 470. The van der Waals surface area contributed by atoms with Crippen LogP contribution in [0.1, 0.15) is 5.56 Å². The van der Waals surface area contributed by atoms with Gasteiger partial charge in [-0.2, -0.15) is 0 Å². The molecular weight excluding hydrogens is 250 g/mol. The predicted molar refractivity (Wildman–Crippen MR) is 65.5 cm³/mol. The lowest BCUT2D eigenvalue weighted by Crippen LogP contribution is -2.30. The smallest absolute Gasteiger partial charge is 0.338 e. The zero-order chi connectivity index (χ0) is 13.8. The van der Waals surface area contributed by atoms with Gasteiger partial charge in [0.2, 0.25) is 0 Å². The quantitative estimate of drug-likeness (QED) is 0.610. The van der Waals surface area contributed by atoms with Crippen molar-refractivity contribution in [3.8, 4) is 5.75 Å². The Morgan fingerprint density at radius 3 is 2.47 bits per heavy atom. The number of carbonyl (C=O) groups excluding carboxylic acids is 2. The lowest BCUT2D eigenvalue weighted by atomic mass is 10.2. The summed E-state index contributed by atoms with van der Waals surface area (Å²) in [4.78, 5) is 22.8. The van der Waals surface area contributed by atoms with Crippen LogP contribution >= 0.6 is 0 Å². The van der Waals surface area contributed by atoms with Gasteiger partial charge in [0.15, 0.2) is 12.2 Å². The molecule has 102 valence electrons. The lowest BCUT2D eigenvalue weighted by molar-refractivity contribution is -0.142. The minimum atomic E-state index is -0.763. The van der Waals surface area contributed by atoms with Crippen molar-refractivity contribution in [1.82, 2.24) is 5.32 Å². The van der Waals surface area contributed by atoms with Crippen LogP contribution in [0.25, 0.3) is 0 Å². The summed E-state index contributed by atoms with van der Waals surface area (Å²) in [7, 11) is 2.85. The molecule has 1 saturated heterocycles. The third-order valence-corrected chi connectivity index (χ3v) is 2.81. The molecule has 2 rings (SSSR count). The molecule has 1 aromatic carbocycles. The monoisotopic (exact) mass is 265 g/mol. The van der Waals surface area contributed by atoms with Crippen LogP contribution < -0.4 is 10.1 Å². The highest BCUT2D eigenvalue weighted by Crippen LogP contribution is 2.23. The van der Waals surface area contributed by atoms with Crippen molar-refractivity contribution in [2.45, 2.75) is 18.8 Å². The first-order chi connectivity index (χ1) is 9.15. The zero-order valence-corrected chi connectivity index (χ0v) is 10.7. The second kappa shape index (κ2) is 5.71. The van der Waals surface area contributed by atoms with E-state index in [2.05, 4.69) is 10.1 Å². The minimum absolute atomic E-state index is 0.314. The highest BCUT2D eigenvalue weighted by atomic mass is 16.6. The van der Waals surface area contributed by atoms with Crippen LogP contribution in [0.3, 0.4) is 0 Å². The molecule has 1 N–H and O–H groups in total. The fourth-order valence-electron chi connectivity index (χ4n) is 1.64. The van der Waals surface area contributed by atoms with E-state index in [0.717, 1.165) is 11.3 Å². The van der Waals surface area contributed by atoms with Gasteiger partial charge in [-0.3, -0.25) is 4.79 Å². The Labute approximate surface area is 110 Å². The molecule has 0 spiro atoms. The topological polar surface area (TPSA) is 77.2 Å². The normalized spacial score (nSPS) is 20.5. The fourth-order valence-corrected chi connectivity index (χ4v) is 1.64. The number of rotatable bonds is 5. The summed E-state index contributed by atoms with van der Waals surface area (Å²) in [5, 5.41) is 2.69. The number of amides is 1. The molecule has 1 aliphatic rings. The van der Waals surface area contributed by atoms with E-state index in [9.17, 15) is 9.59 Å². The first-order valence-corrected chi connectivity index (χ1v) is 5.79. The minimum Gasteiger partial charge on any atom is -0.497 e. The first kappa shape index (κ1) is 13.4. The van der Waals surface area contributed by atoms with Crippen molar-refractivity contribution in [3.05, 3.63) is 29.8 Å². The highest BCUT2D eigenvalue weighted by Gasteiger charge is 2.51. The van der Waals surface area contributed by atoms with E-state index in [1.807, 2.05) is 24.3 Å². The van der Waals surface area contributed by atoms with Crippen molar-refractivity contribution in [2.24, 2.45) is 0 Å². The van der Waals surface area contributed by atoms with Crippen molar-refractivity contribution in [2.75, 3.05) is 14.2 Å². The first-order valence-electron chi connectivity index (χ1n) is 5.79. The number of carbonyl (C=O) groups is 2. The summed E-state index contributed by atoms with van der Waals surface area (Å²) >= 11 is 0. The van der Waals surface area contributed by atoms with Crippen molar-refractivity contribution in [3.63, 3.8) is 0 Å². The van der Waals surface area contributed by atoms with Gasteiger partial charge in [-0.15, -0.1) is 0 Å². The number of ether oxygens (including phenoxy) is 3. The number of epoxide rings is 1. The lowest BCUT2D eigenvalue weighted by Gasteiger charge is -2.04. The second-order valence-corrected chi connectivity index (χ2v) is 4.07. The summed E-state index contributed by atoms with van der Waals surface area (Å²) < 4.78 is 14.5. The molecule has 0 aromatic heterocycles. The van der Waals surface area contributed by atoms with Crippen LogP contribution in [0, 0.1) is 0 Å². The second-order valence-electron chi connectivity index (χ2n) is 4.07. The maximum Gasteiger partial charge on any atom is 0.338 e. The number of benzene rings is 1. The van der Waals surface area contributed by atoms with Crippen LogP contribution in [0.2, 0.25) is 0 Å². The Morgan fingerprint density at radius 1 is 1.21 bits per heavy atom. The largest absolute Gasteiger partial charge is 0.497 e. The van der Waals surface area contributed by atoms with Crippen LogP contribution in [0.4, 0.5) is 0 Å². The van der Waals surface area contributed by atoms with Gasteiger partial charge in [-0.05, 0) is 17.7 Å². The SMILES string of the molecule is COC(=O)C1OC1C(=O)NCc1ccc(OC)cc1. The van der Waals surface area contributed by atoms with Gasteiger partial charge in [0.05, 0.1) is 14.2 Å². The van der Waals surface area contributed by atoms with Gasteiger partial charge in [0.25, 0.3) is 5.91 Å². The standard InChI is InChI=1S/C13H15NO5/c1-17-9-5-3-8(4-6-9)7-14-12(15)10-11(19-10)13(16)18-2/h3-6,10-11H,7H2,1-2H3,(H,14,15). The van der Waals surface area contributed by atoms with E-state index in [1.165, 1.54) is 7.11 Å². The number of nitrogens with one attached hydrogen (secondary N) is 1. The molecule has 2 atom stereocenters. The molecule has 0 radical (unpaired) electrons. The Kier molecular flexibility index (Phi) is 4.01. The molecular formula is C13H15NO5. The summed E-state index contributed by atoms with van der Waals surface area (Å²) in [5.74, 6) is -0.0813. The van der Waals surface area contributed by atoms with Crippen LogP contribution in [0.5, 0.6) is 5.75 Å². The summed E-state index contributed by atoms with van der Waals surface area (Å²) in [5.41, 5.74) is 0.935. The van der Waals surface area contributed by atoms with E-state index < -0.39 is 18.2 Å². The van der Waals surface area contributed by atoms with E-state index in [-0.39, 0.29) is 5.91 Å². The molecule has 0 bridgehead atoms. The maximum atomic E-state index is 11.7. The molecule has 2 unspecified atom stereocenters. The van der Waals surface area contributed by atoms with Gasteiger partial charge in [0, 0.05) is 6.54 Å². The van der Waals surface area contributed by atoms with Crippen molar-refractivity contribution < 1.29 is 23.8 Å². The fraction of sp³-hybridized carbons (Fsp3) is 0.385. The molecule has 1 aliphatic heterocycles. The summed E-state index contributed by atoms with van der Waals surface area (Å²) in [6, 6.07) is 7.33. The van der Waals surface area contributed by atoms with Gasteiger partial charge in [-0.1, -0.05) is 12.1 Å². The van der Waals surface area contributed by atoms with Gasteiger partial charge in [0.1, 0.15) is 5.75 Å². The molecule has 1 amide bonds. The molecule has 0 saturated carbocycles. The Morgan fingerprint density at radius 2 is 1.89 bits per heavy atom. The molecule has 0 aliphatic carbocycles. The van der Waals surface area contributed by atoms with Crippen LogP contribution in [-0.4, -0.2) is 38.3 Å². The molecule has 1 aromatic rings. The number of hydrogen-bond acceptors (Lipinski definition) is 5. The van der Waals surface area contributed by atoms with Gasteiger partial charge < -0.3 is 19.5 Å². The van der Waals surface area contributed by atoms with Gasteiger partial charge in [-0.25, -0.2) is 4.79 Å². The molecule has 19 heavy (non-hydrogen) atoms. The number of methoxy groups -OCH3 is 2. The third-order valence-electron chi connectivity index (χ3n) is 2.81. The number of hydrogen-bond donors (Lipinski definition) is 1. The number of esters is 1. The zero-order valence-electron chi connectivity index (χ0n) is 10.7. The van der Waals surface area contributed by atoms with Crippen LogP contribution in [-0.2, 0) is 25.6 Å². The van der Waals surface area contributed by atoms with E-state index >= 15 is 0 Å². The van der Waals surface area contributed by atoms with Crippen LogP contribution in [0.15, 0.2) is 24.3 Å². The molecule has 1 fully saturated rings. The van der Waals surface area contributed by atoms with Gasteiger partial charge >= 0.3 is 5.97 Å². The van der Waals surface area contributed by atoms with E-state index in [0.29, 0.717) is 6.54 Å². The summed E-state index contributed by atoms with van der Waals surface area (Å²) in [6.07, 6.45) is -1.49. The van der Waals surface area contributed by atoms with E-state index in [4.69, 9.17) is 9.47 Å². The van der Waals surface area contributed by atoms with Crippen molar-refractivity contribution >= 4 is 11.9 Å². The average Bonchev–Trinajstić information content (AvgIpc) is 3.25. The van der Waals surface area contributed by atoms with E-state index in [1.54, 1.807) is 7.11 Å². The maximum absolute atomic E-state index is 11.7. The Balaban J connectivity index is 1.79.